The smallest absolute Gasteiger partial charge is 0.350 e. The Morgan fingerprint density at radius 1 is 0.875 bits per heavy atom. The van der Waals surface area contributed by atoms with E-state index >= 15 is 0 Å². The van der Waals surface area contributed by atoms with Crippen LogP contribution in [0.25, 0.3) is 0 Å². The van der Waals surface area contributed by atoms with Gasteiger partial charge < -0.3 is 27.9 Å². The average Bonchev–Trinajstić information content (AvgIpc) is 3.52. The van der Waals surface area contributed by atoms with E-state index in [-0.39, 0.29) is 50.4 Å². The van der Waals surface area contributed by atoms with Crippen LogP contribution in [0, 0.1) is 16.2 Å². The minimum atomic E-state index is -3.02. The van der Waals surface area contributed by atoms with Crippen LogP contribution in [-0.4, -0.2) is 58.1 Å². The number of fused-ring (bicyclic) bond motifs is 1. The van der Waals surface area contributed by atoms with Crippen molar-refractivity contribution in [3.8, 4) is 0 Å². The monoisotopic (exact) mass is 696 g/mol. The van der Waals surface area contributed by atoms with Crippen LogP contribution >= 0.6 is 0 Å². The lowest BCUT2D eigenvalue weighted by Crippen LogP contribution is -2.68. The predicted octanol–water partition coefficient (Wildman–Crippen LogP) is 9.74. The number of aliphatic hydroxyl groups is 1. The van der Waals surface area contributed by atoms with Gasteiger partial charge in [-0.1, -0.05) is 112 Å². The summed E-state index contributed by atoms with van der Waals surface area (Å²) in [5.41, 5.74) is 1.88. The van der Waals surface area contributed by atoms with Crippen molar-refractivity contribution in [2.75, 3.05) is 0 Å². The molecule has 268 valence electrons. The Morgan fingerprint density at radius 2 is 1.48 bits per heavy atom. The van der Waals surface area contributed by atoms with E-state index < -0.39 is 40.3 Å². The molecule has 6 nitrogen and oxygen atoms in total. The van der Waals surface area contributed by atoms with E-state index in [1.807, 2.05) is 6.07 Å². The molecule has 9 atom stereocenters. The molecule has 48 heavy (non-hydrogen) atoms. The Morgan fingerprint density at radius 3 is 2.06 bits per heavy atom. The van der Waals surface area contributed by atoms with E-state index in [9.17, 15) is 5.11 Å². The molecule has 4 aliphatic carbocycles. The van der Waals surface area contributed by atoms with Gasteiger partial charge in [0.2, 0.25) is 0 Å². The molecular formula is C40H64O6Si2. The number of hydrogen-bond acceptors (Lipinski definition) is 6. The Bertz CT molecular complexity index is 1470. The van der Waals surface area contributed by atoms with Crippen LogP contribution in [-0.2, 0) is 22.8 Å². The lowest BCUT2D eigenvalue weighted by molar-refractivity contribution is -0.313. The highest BCUT2D eigenvalue weighted by Gasteiger charge is 2.90. The highest BCUT2D eigenvalue weighted by Crippen LogP contribution is 2.84. The number of rotatable bonds is 3. The molecule has 7 rings (SSSR count). The largest absolute Gasteiger partial charge is 0.410 e. The molecule has 2 bridgehead atoms. The van der Waals surface area contributed by atoms with E-state index in [0.29, 0.717) is 6.42 Å². The maximum absolute atomic E-state index is 12.5. The Balaban J connectivity index is 1.48. The molecule has 3 saturated carbocycles. The third kappa shape index (κ3) is 4.36. The Labute approximate surface area is 293 Å². The third-order valence-electron chi connectivity index (χ3n) is 14.8. The first-order valence-electron chi connectivity index (χ1n) is 18.7. The van der Waals surface area contributed by atoms with E-state index in [1.54, 1.807) is 0 Å². The lowest BCUT2D eigenvalue weighted by Gasteiger charge is -2.61. The summed E-state index contributed by atoms with van der Waals surface area (Å²) in [7, 11) is -5.20. The molecule has 8 heteroatoms. The topological polar surface area (TPSA) is 66.4 Å². The van der Waals surface area contributed by atoms with Crippen LogP contribution in [0.4, 0.5) is 0 Å². The first-order valence-corrected chi connectivity index (χ1v) is 23.4. The SMILES string of the molecule is CC1=C2C[C@@H]3O[C@@H](c4ccccc4)O[C@H]4CC[C@@H](O)[C@]5(C[C@]435)[C@@H]3O[Si](C(C)(C)C)(C(C)(C)C)O[C@@]3(C[C@@H]1O[Si](C)(C)C(C)(C)C)C2(C)C. The zero-order chi connectivity index (χ0) is 35.3. The molecule has 5 fully saturated rings. The number of ether oxygens (including phenoxy) is 2. The van der Waals surface area contributed by atoms with E-state index in [4.69, 9.17) is 22.8 Å². The Hall–Kier alpha value is -0.846. The maximum Gasteiger partial charge on any atom is 0.350 e. The van der Waals surface area contributed by atoms with Crippen molar-refractivity contribution in [2.24, 2.45) is 16.2 Å². The van der Waals surface area contributed by atoms with Gasteiger partial charge in [0, 0.05) is 38.3 Å². The van der Waals surface area contributed by atoms with E-state index in [2.05, 4.69) is 120 Å². The summed E-state index contributed by atoms with van der Waals surface area (Å²) in [5.74, 6) is 0. The molecule has 2 heterocycles. The van der Waals surface area contributed by atoms with Crippen LogP contribution in [0.5, 0.6) is 0 Å². The molecule has 0 amide bonds. The maximum atomic E-state index is 12.5. The molecule has 0 aromatic heterocycles. The van der Waals surface area contributed by atoms with Crippen molar-refractivity contribution < 1.29 is 27.9 Å². The van der Waals surface area contributed by atoms with Gasteiger partial charge in [-0.05, 0) is 56.3 Å². The fourth-order valence-corrected chi connectivity index (χ4v) is 17.9. The van der Waals surface area contributed by atoms with Crippen LogP contribution in [0.2, 0.25) is 28.2 Å². The van der Waals surface area contributed by atoms with Crippen LogP contribution in [0.15, 0.2) is 41.5 Å². The first-order chi connectivity index (χ1) is 21.9. The highest BCUT2D eigenvalue weighted by atomic mass is 28.4. The standard InChI is InChI=1S/C40H64O6Si2/c1-25-27-22-31-39-24-38(39,29(41)20-21-30(39)42-32(43-31)26-18-16-15-17-19-26)33-40(37(27,11)12,23-28(25)44-47(13,14)34(2,3)4)46-48(45-33,35(5,6)7)36(8,9)10/h15-19,28-33,41H,20-24H2,1-14H3/t28-,29+,30-,31-,32-,33-,38+,39-,40+/m0/s1. The van der Waals surface area contributed by atoms with Gasteiger partial charge in [0.25, 0.3) is 0 Å². The zero-order valence-electron chi connectivity index (χ0n) is 32.4. The lowest BCUT2D eigenvalue weighted by atomic mass is 9.52. The summed E-state index contributed by atoms with van der Waals surface area (Å²) in [6.07, 6.45) is 2.40. The molecule has 2 aliphatic heterocycles. The van der Waals surface area contributed by atoms with Crippen molar-refractivity contribution in [1.29, 1.82) is 0 Å². The molecule has 1 aromatic carbocycles. The minimum absolute atomic E-state index is 0.0198. The second-order valence-corrected chi connectivity index (χ2v) is 29.9. The van der Waals surface area contributed by atoms with Crippen molar-refractivity contribution in [3.63, 3.8) is 0 Å². The van der Waals surface area contributed by atoms with Crippen molar-refractivity contribution in [3.05, 3.63) is 47.0 Å². The summed E-state index contributed by atoms with van der Waals surface area (Å²) in [4.78, 5) is 0. The molecule has 2 spiro atoms. The van der Waals surface area contributed by atoms with Gasteiger partial charge in [-0.15, -0.1) is 0 Å². The second kappa shape index (κ2) is 10.4. The molecular weight excluding hydrogens is 633 g/mol. The summed E-state index contributed by atoms with van der Waals surface area (Å²) in [6.45, 7) is 32.8. The van der Waals surface area contributed by atoms with E-state index in [0.717, 1.165) is 31.2 Å². The Kier molecular flexibility index (Phi) is 7.70. The van der Waals surface area contributed by atoms with Gasteiger partial charge in [0.15, 0.2) is 14.6 Å². The van der Waals surface area contributed by atoms with Crippen molar-refractivity contribution >= 4 is 16.9 Å². The van der Waals surface area contributed by atoms with Crippen molar-refractivity contribution in [2.45, 2.75) is 186 Å². The van der Waals surface area contributed by atoms with Gasteiger partial charge in [-0.2, -0.15) is 0 Å². The van der Waals surface area contributed by atoms with Gasteiger partial charge in [-0.3, -0.25) is 0 Å². The van der Waals surface area contributed by atoms with Crippen molar-refractivity contribution in [1.82, 2.24) is 0 Å². The minimum Gasteiger partial charge on any atom is -0.410 e. The molecule has 0 radical (unpaired) electrons. The van der Waals surface area contributed by atoms with Crippen LogP contribution < -0.4 is 0 Å². The van der Waals surface area contributed by atoms with E-state index in [1.165, 1.54) is 11.1 Å². The van der Waals surface area contributed by atoms with Gasteiger partial charge in [0.1, 0.15) is 0 Å². The fourth-order valence-electron chi connectivity index (χ4n) is 11.3. The van der Waals surface area contributed by atoms with Gasteiger partial charge >= 0.3 is 8.56 Å². The summed E-state index contributed by atoms with van der Waals surface area (Å²) in [5, 5.41) is 12.1. The average molecular weight is 697 g/mol. The molecule has 0 unspecified atom stereocenters. The first kappa shape index (κ1) is 35.6. The summed E-state index contributed by atoms with van der Waals surface area (Å²) >= 11 is 0. The van der Waals surface area contributed by atoms with Crippen LogP contribution in [0.1, 0.15) is 127 Å². The number of benzene rings is 1. The normalized spacial score (nSPS) is 41.9. The quantitative estimate of drug-likeness (QED) is 0.251. The number of hydrogen-bond donors (Lipinski definition) is 1. The second-order valence-electron chi connectivity index (χ2n) is 20.5. The molecule has 2 saturated heterocycles. The summed E-state index contributed by atoms with van der Waals surface area (Å²) < 4.78 is 37.7. The molecule has 1 N–H and O–H groups in total. The fraction of sp³-hybridized carbons (Fsp3) is 0.800. The van der Waals surface area contributed by atoms with Gasteiger partial charge in [-0.25, -0.2) is 0 Å². The highest BCUT2D eigenvalue weighted by molar-refractivity contribution is 6.74. The third-order valence-corrected chi connectivity index (χ3v) is 24.4. The summed E-state index contributed by atoms with van der Waals surface area (Å²) in [6, 6.07) is 10.4. The van der Waals surface area contributed by atoms with Crippen LogP contribution in [0.3, 0.4) is 0 Å². The zero-order valence-corrected chi connectivity index (χ0v) is 34.4. The predicted molar refractivity (Wildman–Crippen MR) is 195 cm³/mol. The molecule has 6 aliphatic rings. The number of aliphatic hydroxyl groups excluding tert-OH is 1. The molecule has 1 aromatic rings. The van der Waals surface area contributed by atoms with Gasteiger partial charge in [0.05, 0.1) is 36.1 Å².